The summed E-state index contributed by atoms with van der Waals surface area (Å²) in [7, 11) is 0. The molecule has 222 valence electrons. The lowest BCUT2D eigenvalue weighted by Crippen LogP contribution is -2.05. The fraction of sp³-hybridized carbons (Fsp3) is 0. The molecule has 48 heavy (non-hydrogen) atoms. The summed E-state index contributed by atoms with van der Waals surface area (Å²) >= 11 is 0. The first-order chi connectivity index (χ1) is 23.0. The number of fused-ring (bicyclic) bond motifs is 2. The van der Waals surface area contributed by atoms with Gasteiger partial charge in [0.2, 0.25) is 0 Å². The van der Waals surface area contributed by atoms with Gasteiger partial charge in [0, 0.05) is 55.7 Å². The Bertz CT molecular complexity index is 2400. The molecule has 0 aromatic heterocycles. The zero-order chi connectivity index (χ0) is 35.2. The molecule has 0 radical (unpaired) electrons. The predicted molar refractivity (Wildman–Crippen MR) is 150 cm³/mol. The van der Waals surface area contributed by atoms with E-state index >= 15 is 17.6 Å². The molecule has 3 aromatic rings. The van der Waals surface area contributed by atoms with Crippen molar-refractivity contribution in [1.29, 1.82) is 42.1 Å². The number of allylic oxidation sites excluding steroid dienone is 8. The zero-order valence-corrected chi connectivity index (χ0v) is 23.2. The minimum Gasteiger partial charge on any atom is -0.206 e. The molecule has 0 heterocycles. The van der Waals surface area contributed by atoms with Crippen LogP contribution in [-0.4, -0.2) is 0 Å². The van der Waals surface area contributed by atoms with Crippen molar-refractivity contribution >= 4 is 33.4 Å². The minimum absolute atomic E-state index is 0.401. The lowest BCUT2D eigenvalue weighted by atomic mass is 9.87. The van der Waals surface area contributed by atoms with Gasteiger partial charge in [-0.3, -0.25) is 0 Å². The summed E-state index contributed by atoms with van der Waals surface area (Å²) in [6, 6.07) is 13.0. The summed E-state index contributed by atoms with van der Waals surface area (Å²) in [5.41, 5.74) is -15.2. The van der Waals surface area contributed by atoms with Crippen LogP contribution in [0.5, 0.6) is 0 Å². The van der Waals surface area contributed by atoms with Crippen LogP contribution in [0, 0.1) is 126 Å². The van der Waals surface area contributed by atoms with Crippen LogP contribution in [0.2, 0.25) is 0 Å². The summed E-state index contributed by atoms with van der Waals surface area (Å²) in [5.74, 6) is -8.85. The first-order valence-corrected chi connectivity index (χ1v) is 12.7. The van der Waals surface area contributed by atoms with Crippen LogP contribution >= 0.6 is 0 Å². The highest BCUT2D eigenvalue weighted by Gasteiger charge is 2.45. The van der Waals surface area contributed by atoms with Crippen LogP contribution in [0.25, 0.3) is 33.4 Å². The summed E-state index contributed by atoms with van der Waals surface area (Å²) in [6.07, 6.45) is 0. The highest BCUT2D eigenvalue weighted by Crippen LogP contribution is 2.57. The highest BCUT2D eigenvalue weighted by atomic mass is 19.1. The Balaban J connectivity index is 2.06. The zero-order valence-electron chi connectivity index (χ0n) is 23.2. The molecule has 2 aliphatic carbocycles. The topological polar surface area (TPSA) is 190 Å². The maximum absolute atomic E-state index is 17.0. The molecule has 3 aromatic carbocycles. The molecule has 14 heteroatoms. The van der Waals surface area contributed by atoms with Crippen LogP contribution < -0.4 is 0 Å². The Kier molecular flexibility index (Phi) is 7.60. The summed E-state index contributed by atoms with van der Waals surface area (Å²) < 4.78 is 94.1. The molecule has 0 amide bonds. The maximum atomic E-state index is 17.0. The minimum atomic E-state index is -1.69. The molecule has 0 aliphatic heterocycles. The quantitative estimate of drug-likeness (QED) is 0.217. The van der Waals surface area contributed by atoms with Gasteiger partial charge in [-0.05, 0) is 24.3 Å². The van der Waals surface area contributed by atoms with Gasteiger partial charge in [0.25, 0.3) is 0 Å². The summed E-state index contributed by atoms with van der Waals surface area (Å²) in [4.78, 5) is 0. The molecule has 8 nitrogen and oxygen atoms in total. The molecular weight excluding hydrogens is 634 g/mol. The van der Waals surface area contributed by atoms with Gasteiger partial charge < -0.3 is 0 Å². The van der Waals surface area contributed by atoms with Gasteiger partial charge in [-0.1, -0.05) is 0 Å². The largest absolute Gasteiger partial charge is 0.206 e. The third-order valence-electron chi connectivity index (χ3n) is 7.44. The molecular formula is C34H4F6N8. The van der Waals surface area contributed by atoms with Crippen LogP contribution in [0.1, 0.15) is 44.5 Å². The molecule has 0 unspecified atom stereocenters. The first kappa shape index (κ1) is 31.5. The van der Waals surface area contributed by atoms with Crippen molar-refractivity contribution in [1.82, 2.24) is 0 Å². The normalized spacial score (nSPS) is 12.4. The number of halogens is 6. The molecule has 5 rings (SSSR count). The van der Waals surface area contributed by atoms with E-state index in [1.165, 1.54) is 48.6 Å². The van der Waals surface area contributed by atoms with Crippen LogP contribution in [0.4, 0.5) is 26.3 Å². The standard InChI is InChI=1S/C34H4F6N8/c35-21-3-17(23(37)1-13(21)5-41)27-19(11-47)29-31(25(27)15(7-43)8-44)34(40)32-26(16(9-45)10-46)28(20(12-48)30(32)33(29)39)18-4-22(36)14(6-42)2-24(18)38/h1-4H. The second-order valence-corrected chi connectivity index (χ2v) is 9.65. The Morgan fingerprint density at radius 1 is 0.417 bits per heavy atom. The van der Waals surface area contributed by atoms with E-state index in [2.05, 4.69) is 0 Å². The smallest absolute Gasteiger partial charge is 0.141 e. The highest BCUT2D eigenvalue weighted by molar-refractivity contribution is 6.30. The number of hydrogen-bond donors (Lipinski definition) is 0. The second kappa shape index (κ2) is 11.6. The molecule has 0 saturated heterocycles. The van der Waals surface area contributed by atoms with Crippen molar-refractivity contribution in [3.05, 3.63) is 115 Å². The molecule has 0 N–H and O–H groups in total. The molecule has 2 aliphatic rings. The second-order valence-electron chi connectivity index (χ2n) is 9.65. The molecule has 0 bridgehead atoms. The van der Waals surface area contributed by atoms with Crippen molar-refractivity contribution in [2.75, 3.05) is 0 Å². The number of hydrogen-bond acceptors (Lipinski definition) is 8. The molecule has 0 atom stereocenters. The number of nitriles is 8. The number of nitrogens with zero attached hydrogens (tertiary/aromatic N) is 8. The van der Waals surface area contributed by atoms with E-state index in [1.54, 1.807) is 0 Å². The van der Waals surface area contributed by atoms with E-state index in [4.69, 9.17) is 10.5 Å². The van der Waals surface area contributed by atoms with Gasteiger partial charge >= 0.3 is 0 Å². The number of benzene rings is 3. The van der Waals surface area contributed by atoms with E-state index in [9.17, 15) is 40.4 Å². The fourth-order valence-corrected chi connectivity index (χ4v) is 5.56. The third kappa shape index (κ3) is 4.18. The molecule has 0 saturated carbocycles. The maximum Gasteiger partial charge on any atom is 0.141 e. The van der Waals surface area contributed by atoms with Gasteiger partial charge in [-0.2, -0.15) is 42.1 Å². The third-order valence-corrected chi connectivity index (χ3v) is 7.44. The Labute approximate surface area is 265 Å². The van der Waals surface area contributed by atoms with Crippen LogP contribution in [0.15, 0.2) is 35.4 Å². The van der Waals surface area contributed by atoms with Crippen molar-refractivity contribution in [2.45, 2.75) is 0 Å². The van der Waals surface area contributed by atoms with Gasteiger partial charge in [0.05, 0.1) is 22.3 Å². The van der Waals surface area contributed by atoms with Gasteiger partial charge in [0.15, 0.2) is 0 Å². The van der Waals surface area contributed by atoms with E-state index in [1.807, 2.05) is 0 Å². The van der Waals surface area contributed by atoms with Gasteiger partial charge in [0.1, 0.15) is 94.6 Å². The van der Waals surface area contributed by atoms with Gasteiger partial charge in [-0.15, -0.1) is 0 Å². The fourth-order valence-electron chi connectivity index (χ4n) is 5.56. The van der Waals surface area contributed by atoms with Crippen molar-refractivity contribution in [2.24, 2.45) is 0 Å². The average molecular weight is 638 g/mol. The number of rotatable bonds is 2. The lowest BCUT2D eigenvalue weighted by molar-refractivity contribution is 0.590. The van der Waals surface area contributed by atoms with Gasteiger partial charge in [-0.25, -0.2) is 26.3 Å². The monoisotopic (exact) mass is 638 g/mol. The Hall–Kier alpha value is -7.88. The molecule has 0 spiro atoms. The average Bonchev–Trinajstić information content (AvgIpc) is 3.60. The SMILES string of the molecule is N#CC(C#N)=C1C(c2cc(F)c(C#N)cc2F)=C(C#N)c2c(F)c3c(c(F)c21)C(=C(C#N)C#N)C(c1cc(F)c(C#N)cc1F)=C3C#N. The Morgan fingerprint density at radius 3 is 1.04 bits per heavy atom. The first-order valence-electron chi connectivity index (χ1n) is 12.7. The van der Waals surface area contributed by atoms with Crippen LogP contribution in [-0.2, 0) is 0 Å². The van der Waals surface area contributed by atoms with Crippen molar-refractivity contribution in [3.8, 4) is 48.6 Å². The van der Waals surface area contributed by atoms with E-state index in [0.29, 0.717) is 24.3 Å². The van der Waals surface area contributed by atoms with E-state index < -0.39 is 124 Å². The molecule has 0 fully saturated rings. The van der Waals surface area contributed by atoms with Crippen molar-refractivity contribution < 1.29 is 26.3 Å². The lowest BCUT2D eigenvalue weighted by Gasteiger charge is -2.15. The van der Waals surface area contributed by atoms with Crippen LogP contribution in [0.3, 0.4) is 0 Å². The van der Waals surface area contributed by atoms with E-state index in [0.717, 1.165) is 0 Å². The predicted octanol–water partition coefficient (Wildman–Crippen LogP) is 6.76. The Morgan fingerprint density at radius 2 is 0.750 bits per heavy atom. The van der Waals surface area contributed by atoms with Crippen molar-refractivity contribution in [3.63, 3.8) is 0 Å². The summed E-state index contributed by atoms with van der Waals surface area (Å²) in [5, 5.41) is 77.6. The van der Waals surface area contributed by atoms with E-state index in [-0.39, 0.29) is 0 Å². The summed E-state index contributed by atoms with van der Waals surface area (Å²) in [6.45, 7) is 0.